The number of carbonyl (C=O) groups excluding carboxylic acids is 3. The highest BCUT2D eigenvalue weighted by Gasteiger charge is 2.34. The highest BCUT2D eigenvalue weighted by atomic mass is 79.9. The van der Waals surface area contributed by atoms with Crippen molar-refractivity contribution in [3.8, 4) is 33.9 Å². The van der Waals surface area contributed by atoms with Crippen molar-refractivity contribution >= 4 is 98.3 Å². The van der Waals surface area contributed by atoms with Crippen LogP contribution < -0.4 is 24.7 Å². The van der Waals surface area contributed by atoms with Crippen LogP contribution in [0.25, 0.3) is 33.4 Å². The quantitative estimate of drug-likeness (QED) is 0.0337. The van der Waals surface area contributed by atoms with E-state index in [1.807, 2.05) is 48.5 Å². The summed E-state index contributed by atoms with van der Waals surface area (Å²) in [5, 5.41) is 10.9. The van der Waals surface area contributed by atoms with Crippen LogP contribution in [0.4, 0.5) is 5.69 Å². The van der Waals surface area contributed by atoms with E-state index in [-0.39, 0.29) is 32.7 Å². The average Bonchev–Trinajstić information content (AvgIpc) is 3.41. The molecule has 8 rings (SSSR count). The SMILES string of the molecule is C.C.CC(=O)[O-].CCCCCCOC(=O)c1ccccc1-c1c2cc(Br)c(=[N+](CC)CC)cc-2oc2cc(C)c(Br)cc12.CCCCCCOC(=O)c1ccccc1C1c2cc(Br)c(C)cc2Oc2cc(N(CC)CC)c(Br)cc21. The predicted octanol–water partition coefficient (Wildman–Crippen LogP) is 18.0. The van der Waals surface area contributed by atoms with E-state index in [4.69, 9.17) is 28.5 Å². The first-order chi connectivity index (χ1) is 37.5. The lowest BCUT2D eigenvalue weighted by Gasteiger charge is -2.32. The van der Waals surface area contributed by atoms with Gasteiger partial charge in [-0.05, 0) is 164 Å². The van der Waals surface area contributed by atoms with Crippen molar-refractivity contribution in [1.82, 2.24) is 4.58 Å². The van der Waals surface area contributed by atoms with Gasteiger partial charge in [-0.1, -0.05) is 135 Å². The molecule has 80 heavy (non-hydrogen) atoms. The number of unbranched alkanes of at least 4 members (excludes halogenated alkanes) is 6. The number of ether oxygens (including phenoxy) is 3. The van der Waals surface area contributed by atoms with Gasteiger partial charge in [0, 0.05) is 72.1 Å². The Balaban J connectivity index is 0.000000315. The van der Waals surface area contributed by atoms with Crippen molar-refractivity contribution in [2.45, 2.75) is 134 Å². The highest BCUT2D eigenvalue weighted by molar-refractivity contribution is 9.11. The van der Waals surface area contributed by atoms with Crippen molar-refractivity contribution in [3.05, 3.63) is 159 Å². The normalized spacial score (nSPS) is 12.0. The predicted molar refractivity (Wildman–Crippen MR) is 342 cm³/mol. The highest BCUT2D eigenvalue weighted by Crippen LogP contribution is 2.52. The van der Waals surface area contributed by atoms with Gasteiger partial charge in [0.25, 0.3) is 0 Å². The number of aliphatic carboxylic acids is 1. The zero-order valence-electron chi connectivity index (χ0n) is 46.4. The van der Waals surface area contributed by atoms with Crippen molar-refractivity contribution in [2.75, 3.05) is 44.3 Å². The van der Waals surface area contributed by atoms with Crippen LogP contribution in [0.3, 0.4) is 0 Å². The van der Waals surface area contributed by atoms with Crippen molar-refractivity contribution in [3.63, 3.8) is 0 Å². The number of carbonyl (C=O) groups is 3. The third kappa shape index (κ3) is 16.5. The minimum Gasteiger partial charge on any atom is -0.550 e. The minimum absolute atomic E-state index is 0. The molecule has 2 aliphatic heterocycles. The van der Waals surface area contributed by atoms with Crippen molar-refractivity contribution in [1.29, 1.82) is 0 Å². The lowest BCUT2D eigenvalue weighted by molar-refractivity contribution is -0.302. The molecule has 3 aliphatic rings. The van der Waals surface area contributed by atoms with Gasteiger partial charge in [-0.15, -0.1) is 0 Å². The van der Waals surface area contributed by atoms with Crippen molar-refractivity contribution < 1.29 is 38.1 Å². The molecule has 1 unspecified atom stereocenters. The summed E-state index contributed by atoms with van der Waals surface area (Å²) in [6.45, 7) is 22.5. The van der Waals surface area contributed by atoms with Crippen LogP contribution in [0.5, 0.6) is 11.5 Å². The zero-order chi connectivity index (χ0) is 56.6. The summed E-state index contributed by atoms with van der Waals surface area (Å²) < 4.78 is 30.8. The molecule has 430 valence electrons. The topological polar surface area (TPSA) is 121 Å². The molecule has 0 saturated carbocycles. The second kappa shape index (κ2) is 32.4. The lowest BCUT2D eigenvalue weighted by atomic mass is 9.80. The van der Waals surface area contributed by atoms with E-state index in [9.17, 15) is 9.59 Å². The van der Waals surface area contributed by atoms with Gasteiger partial charge in [0.05, 0.1) is 40.6 Å². The number of hydrogen-bond donors (Lipinski definition) is 0. The first kappa shape index (κ1) is 67.2. The Hall–Kier alpha value is -5.28. The fourth-order valence-electron chi connectivity index (χ4n) is 9.76. The van der Waals surface area contributed by atoms with E-state index in [0.717, 1.165) is 186 Å². The third-order valence-corrected chi connectivity index (χ3v) is 16.8. The van der Waals surface area contributed by atoms with E-state index in [1.165, 1.54) is 0 Å². The van der Waals surface area contributed by atoms with Crippen LogP contribution in [0.1, 0.15) is 169 Å². The Kier molecular flexibility index (Phi) is 27.2. The number of fused-ring (bicyclic) bond motifs is 4. The van der Waals surface area contributed by atoms with Gasteiger partial charge in [-0.3, -0.25) is 0 Å². The summed E-state index contributed by atoms with van der Waals surface area (Å²) >= 11 is 15.1. The Morgan fingerprint density at radius 3 is 1.71 bits per heavy atom. The zero-order valence-corrected chi connectivity index (χ0v) is 52.7. The first-order valence-electron chi connectivity index (χ1n) is 27.2. The van der Waals surface area contributed by atoms with E-state index in [2.05, 4.69) is 177 Å². The molecule has 0 radical (unpaired) electrons. The average molecular weight is 1350 g/mol. The molecule has 14 heteroatoms. The fraction of sp³-hybridized carbons (Fsp3) is 0.394. The Morgan fingerprint density at radius 1 is 0.600 bits per heavy atom. The summed E-state index contributed by atoms with van der Waals surface area (Å²) in [7, 11) is 0. The molecule has 0 spiro atoms. The summed E-state index contributed by atoms with van der Waals surface area (Å²) in [4.78, 5) is 37.8. The number of anilines is 1. The van der Waals surface area contributed by atoms with Crippen LogP contribution in [0.2, 0.25) is 0 Å². The van der Waals surface area contributed by atoms with E-state index < -0.39 is 5.97 Å². The maximum atomic E-state index is 13.3. The Bertz CT molecular complexity index is 3260. The van der Waals surface area contributed by atoms with Crippen LogP contribution >= 0.6 is 63.7 Å². The molecular formula is C66H80Br4N2O8. The lowest BCUT2D eigenvalue weighted by Crippen LogP contribution is -2.30. The van der Waals surface area contributed by atoms with Crippen LogP contribution in [0, 0.1) is 13.8 Å². The largest absolute Gasteiger partial charge is 0.550 e. The summed E-state index contributed by atoms with van der Waals surface area (Å²) in [5.41, 5.74) is 10.9. The van der Waals surface area contributed by atoms with Gasteiger partial charge in [0.2, 0.25) is 5.36 Å². The number of hydrogen-bond acceptors (Lipinski definition) is 9. The molecular weight excluding hydrogens is 1270 g/mol. The molecule has 2 heterocycles. The first-order valence-corrected chi connectivity index (χ1v) is 30.4. The van der Waals surface area contributed by atoms with Gasteiger partial charge in [-0.2, -0.15) is 0 Å². The van der Waals surface area contributed by atoms with Gasteiger partial charge >= 0.3 is 11.9 Å². The number of rotatable bonds is 19. The fourth-order valence-corrected chi connectivity index (χ4v) is 11.7. The number of carboxylic acid groups (broad SMARTS) is 1. The third-order valence-electron chi connectivity index (χ3n) is 13.9. The Morgan fingerprint density at radius 2 is 1.12 bits per heavy atom. The van der Waals surface area contributed by atoms with E-state index in [0.29, 0.717) is 24.3 Å². The molecule has 5 aromatic carbocycles. The molecule has 0 aromatic heterocycles. The standard InChI is InChI=1S/C31H35Br2NO3.C31H34Br2NO3.C2H4O2.2CH4/c2*1-5-8-9-12-15-36-31(35)22-14-11-10-13-21(22)30-23-17-25(32)20(4)16-28(23)37-29-19-27(34(6-2)7-3)26(33)18-24(29)30;1-2(3)4;;/h10-11,13-14,16-19,30H,5-9,12,15H2,1-4H3;10-11,13-14,16-19H,5-9,12,15H2,1-4H3;1H3,(H,3,4);2*1H4/q;+1;;;/p-1. The van der Waals surface area contributed by atoms with Crippen molar-refractivity contribution in [2.24, 2.45) is 0 Å². The molecule has 10 nitrogen and oxygen atoms in total. The number of halogens is 4. The van der Waals surface area contributed by atoms with Crippen LogP contribution in [0.15, 0.2) is 119 Å². The molecule has 0 fully saturated rings. The van der Waals surface area contributed by atoms with Gasteiger partial charge in [0.15, 0.2) is 0 Å². The molecule has 0 bridgehead atoms. The summed E-state index contributed by atoms with van der Waals surface area (Å²) in [5.74, 6) is 0.574. The molecule has 0 amide bonds. The Labute approximate surface area is 509 Å². The molecule has 5 aromatic rings. The molecule has 0 saturated heterocycles. The van der Waals surface area contributed by atoms with E-state index in [1.54, 1.807) is 0 Å². The number of carboxylic acids is 1. The number of aryl methyl sites for hydroxylation is 2. The second-order valence-electron chi connectivity index (χ2n) is 19.3. The smallest absolute Gasteiger partial charge is 0.338 e. The molecule has 1 aliphatic carbocycles. The van der Waals surface area contributed by atoms with Crippen LogP contribution in [-0.2, 0) is 14.3 Å². The summed E-state index contributed by atoms with van der Waals surface area (Å²) in [6, 6.07) is 32.3. The summed E-state index contributed by atoms with van der Waals surface area (Å²) in [6.07, 6.45) is 8.51. The number of esters is 2. The second-order valence-corrected chi connectivity index (χ2v) is 22.7. The molecule has 1 atom stereocenters. The monoisotopic (exact) mass is 1340 g/mol. The number of nitrogens with zero attached hydrogens (tertiary/aromatic N) is 2. The van der Waals surface area contributed by atoms with Crippen LogP contribution in [-0.4, -0.2) is 57.3 Å². The minimum atomic E-state index is -1.08. The molecule has 0 N–H and O–H groups in total. The van der Waals surface area contributed by atoms with E-state index >= 15 is 0 Å². The van der Waals surface area contributed by atoms with Gasteiger partial charge < -0.3 is 33.4 Å². The maximum Gasteiger partial charge on any atom is 0.338 e. The number of benzene rings is 6. The maximum absolute atomic E-state index is 13.3. The van der Waals surface area contributed by atoms with Gasteiger partial charge in [0.1, 0.15) is 35.9 Å². The van der Waals surface area contributed by atoms with Gasteiger partial charge in [-0.25, -0.2) is 14.2 Å².